The SMILES string of the molecule is Cl.Cl.O=C(NCc1ccnc(OCC(F)F)c1)C1CCNCC1. The summed E-state index contributed by atoms with van der Waals surface area (Å²) >= 11 is 0. The molecule has 1 fully saturated rings. The normalized spacial score (nSPS) is 14.6. The molecule has 1 aliphatic heterocycles. The summed E-state index contributed by atoms with van der Waals surface area (Å²) in [5.74, 6) is 0.218. The Balaban J connectivity index is 0.00000242. The molecule has 0 unspecified atom stereocenters. The number of nitrogens with zero attached hydrogens (tertiary/aromatic N) is 1. The van der Waals surface area contributed by atoms with Crippen LogP contribution in [0.25, 0.3) is 0 Å². The predicted octanol–water partition coefficient (Wildman–Crippen LogP) is 2.18. The van der Waals surface area contributed by atoms with Gasteiger partial charge < -0.3 is 15.4 Å². The number of carbonyl (C=O) groups is 1. The fourth-order valence-corrected chi connectivity index (χ4v) is 2.21. The van der Waals surface area contributed by atoms with Gasteiger partial charge in [-0.2, -0.15) is 0 Å². The second-order valence-corrected chi connectivity index (χ2v) is 4.95. The smallest absolute Gasteiger partial charge is 0.272 e. The van der Waals surface area contributed by atoms with Crippen molar-refractivity contribution in [2.45, 2.75) is 25.8 Å². The quantitative estimate of drug-likeness (QED) is 0.804. The zero-order valence-electron chi connectivity index (χ0n) is 12.5. The van der Waals surface area contributed by atoms with Crippen molar-refractivity contribution >= 4 is 30.7 Å². The van der Waals surface area contributed by atoms with Crippen molar-refractivity contribution in [3.05, 3.63) is 23.9 Å². The summed E-state index contributed by atoms with van der Waals surface area (Å²) < 4.78 is 29.0. The van der Waals surface area contributed by atoms with Gasteiger partial charge in [0, 0.05) is 24.7 Å². The molecule has 1 amide bonds. The van der Waals surface area contributed by atoms with E-state index in [2.05, 4.69) is 15.6 Å². The molecule has 0 spiro atoms. The van der Waals surface area contributed by atoms with Gasteiger partial charge in [0.2, 0.25) is 11.8 Å². The second-order valence-electron chi connectivity index (χ2n) is 4.95. The Morgan fingerprint density at radius 1 is 1.39 bits per heavy atom. The van der Waals surface area contributed by atoms with E-state index in [0.717, 1.165) is 31.5 Å². The van der Waals surface area contributed by atoms with Crippen LogP contribution < -0.4 is 15.4 Å². The minimum absolute atomic E-state index is 0. The molecular weight excluding hydrogens is 351 g/mol. The van der Waals surface area contributed by atoms with Crippen LogP contribution in [0.1, 0.15) is 18.4 Å². The van der Waals surface area contributed by atoms with E-state index in [0.29, 0.717) is 6.54 Å². The molecule has 0 atom stereocenters. The van der Waals surface area contributed by atoms with Crippen LogP contribution in [0.2, 0.25) is 0 Å². The first-order valence-electron chi connectivity index (χ1n) is 6.99. The predicted molar refractivity (Wildman–Crippen MR) is 87.7 cm³/mol. The molecule has 2 N–H and O–H groups in total. The number of nitrogens with one attached hydrogen (secondary N) is 2. The van der Waals surface area contributed by atoms with Gasteiger partial charge in [-0.05, 0) is 37.6 Å². The molecule has 1 aromatic heterocycles. The minimum Gasteiger partial charge on any atom is -0.472 e. The van der Waals surface area contributed by atoms with E-state index in [4.69, 9.17) is 4.74 Å². The van der Waals surface area contributed by atoms with Crippen molar-refractivity contribution in [1.29, 1.82) is 0 Å². The summed E-state index contributed by atoms with van der Waals surface area (Å²) in [6.45, 7) is 1.38. The van der Waals surface area contributed by atoms with Gasteiger partial charge in [0.25, 0.3) is 6.43 Å². The average Bonchev–Trinajstić information content (AvgIpc) is 2.52. The van der Waals surface area contributed by atoms with Gasteiger partial charge in [0.15, 0.2) is 6.61 Å². The summed E-state index contributed by atoms with van der Waals surface area (Å²) in [6, 6.07) is 3.28. The van der Waals surface area contributed by atoms with Crippen LogP contribution in [-0.4, -0.2) is 37.0 Å². The zero-order chi connectivity index (χ0) is 15.1. The van der Waals surface area contributed by atoms with Gasteiger partial charge in [-0.15, -0.1) is 24.8 Å². The Morgan fingerprint density at radius 3 is 2.74 bits per heavy atom. The highest BCUT2D eigenvalue weighted by Gasteiger charge is 2.20. The number of amides is 1. The maximum atomic E-state index is 12.1. The van der Waals surface area contributed by atoms with Gasteiger partial charge in [0.1, 0.15) is 0 Å². The third-order valence-corrected chi connectivity index (χ3v) is 3.33. The number of hydrogen-bond donors (Lipinski definition) is 2. The fraction of sp³-hybridized carbons (Fsp3) is 0.571. The number of pyridine rings is 1. The summed E-state index contributed by atoms with van der Waals surface area (Å²) in [6.07, 6.45) is 0.623. The molecule has 132 valence electrons. The van der Waals surface area contributed by atoms with E-state index in [1.165, 1.54) is 6.20 Å². The number of halogens is 4. The molecule has 23 heavy (non-hydrogen) atoms. The molecule has 1 aliphatic rings. The highest BCUT2D eigenvalue weighted by molar-refractivity contribution is 5.85. The molecule has 2 heterocycles. The van der Waals surface area contributed by atoms with Crippen molar-refractivity contribution in [3.63, 3.8) is 0 Å². The van der Waals surface area contributed by atoms with Crippen molar-refractivity contribution in [2.24, 2.45) is 5.92 Å². The molecule has 1 saturated heterocycles. The highest BCUT2D eigenvalue weighted by atomic mass is 35.5. The monoisotopic (exact) mass is 371 g/mol. The van der Waals surface area contributed by atoms with Gasteiger partial charge in [0.05, 0.1) is 0 Å². The van der Waals surface area contributed by atoms with Crippen LogP contribution in [0, 0.1) is 5.92 Å². The average molecular weight is 372 g/mol. The van der Waals surface area contributed by atoms with Crippen molar-refractivity contribution in [2.75, 3.05) is 19.7 Å². The van der Waals surface area contributed by atoms with Crippen LogP contribution in [0.15, 0.2) is 18.3 Å². The van der Waals surface area contributed by atoms with E-state index in [1.807, 2.05) is 0 Å². The fourth-order valence-electron chi connectivity index (χ4n) is 2.21. The van der Waals surface area contributed by atoms with E-state index in [9.17, 15) is 13.6 Å². The first kappa shape index (κ1) is 21.8. The second kappa shape index (κ2) is 11.4. The summed E-state index contributed by atoms with van der Waals surface area (Å²) in [4.78, 5) is 15.8. The minimum atomic E-state index is -2.53. The molecular formula is C14H21Cl2F2N3O2. The Morgan fingerprint density at radius 2 is 2.09 bits per heavy atom. The number of rotatable bonds is 6. The largest absolute Gasteiger partial charge is 0.472 e. The summed E-state index contributed by atoms with van der Waals surface area (Å²) in [5.41, 5.74) is 0.775. The van der Waals surface area contributed by atoms with Crippen molar-refractivity contribution in [3.8, 4) is 5.88 Å². The standard InChI is InChI=1S/C14H19F2N3O2.2ClH/c15-12(16)9-21-13-7-10(1-6-18-13)8-19-14(20)11-2-4-17-5-3-11;;/h1,6-7,11-12,17H,2-5,8-9H2,(H,19,20);2*1H. The lowest BCUT2D eigenvalue weighted by Gasteiger charge is -2.21. The van der Waals surface area contributed by atoms with Crippen LogP contribution >= 0.6 is 24.8 Å². The maximum absolute atomic E-state index is 12.1. The highest BCUT2D eigenvalue weighted by Crippen LogP contribution is 2.13. The number of carbonyl (C=O) groups excluding carboxylic acids is 1. The Kier molecular flexibility index (Phi) is 10.8. The van der Waals surface area contributed by atoms with Crippen LogP contribution in [-0.2, 0) is 11.3 Å². The van der Waals surface area contributed by atoms with E-state index in [1.54, 1.807) is 12.1 Å². The Bertz CT molecular complexity index is 475. The molecule has 0 aliphatic carbocycles. The maximum Gasteiger partial charge on any atom is 0.272 e. The van der Waals surface area contributed by atoms with Crippen LogP contribution in [0.3, 0.4) is 0 Å². The number of ether oxygens (including phenoxy) is 1. The van der Waals surface area contributed by atoms with Crippen molar-refractivity contribution in [1.82, 2.24) is 15.6 Å². The summed E-state index contributed by atoms with van der Waals surface area (Å²) in [7, 11) is 0. The lowest BCUT2D eigenvalue weighted by Crippen LogP contribution is -2.37. The molecule has 0 aromatic carbocycles. The van der Waals surface area contributed by atoms with Crippen LogP contribution in [0.5, 0.6) is 5.88 Å². The molecule has 0 radical (unpaired) electrons. The van der Waals surface area contributed by atoms with Crippen LogP contribution in [0.4, 0.5) is 8.78 Å². The van der Waals surface area contributed by atoms with Gasteiger partial charge >= 0.3 is 0 Å². The number of aromatic nitrogens is 1. The molecule has 0 bridgehead atoms. The van der Waals surface area contributed by atoms with E-state index < -0.39 is 13.0 Å². The lowest BCUT2D eigenvalue weighted by atomic mass is 9.97. The number of piperidine rings is 1. The van der Waals surface area contributed by atoms with Gasteiger partial charge in [-0.3, -0.25) is 4.79 Å². The molecule has 0 saturated carbocycles. The molecule has 9 heteroatoms. The van der Waals surface area contributed by atoms with E-state index >= 15 is 0 Å². The Hall–Kier alpha value is -1.18. The third kappa shape index (κ3) is 7.76. The topological polar surface area (TPSA) is 63.2 Å². The van der Waals surface area contributed by atoms with Gasteiger partial charge in [-0.1, -0.05) is 0 Å². The van der Waals surface area contributed by atoms with Gasteiger partial charge in [-0.25, -0.2) is 13.8 Å². The lowest BCUT2D eigenvalue weighted by molar-refractivity contribution is -0.125. The zero-order valence-corrected chi connectivity index (χ0v) is 14.1. The first-order valence-corrected chi connectivity index (χ1v) is 6.99. The number of hydrogen-bond acceptors (Lipinski definition) is 4. The molecule has 2 rings (SSSR count). The number of alkyl halides is 2. The molecule has 5 nitrogen and oxygen atoms in total. The molecule has 1 aromatic rings. The third-order valence-electron chi connectivity index (χ3n) is 3.33. The Labute approximate surface area is 146 Å². The summed E-state index contributed by atoms with van der Waals surface area (Å²) in [5, 5.41) is 6.07. The van der Waals surface area contributed by atoms with Crippen molar-refractivity contribution < 1.29 is 18.3 Å². The first-order chi connectivity index (χ1) is 10.1. The van der Waals surface area contributed by atoms with E-state index in [-0.39, 0.29) is 42.5 Å².